The van der Waals surface area contributed by atoms with Crippen LogP contribution >= 0.6 is 0 Å². The Hall–Kier alpha value is -3.82. The summed E-state index contributed by atoms with van der Waals surface area (Å²) in [6.07, 6.45) is 4.67. The normalized spacial score (nSPS) is 15.9. The number of hydrogen-bond donors (Lipinski definition) is 0. The van der Waals surface area contributed by atoms with Gasteiger partial charge in [-0.3, -0.25) is 9.78 Å². The van der Waals surface area contributed by atoms with Crippen molar-refractivity contribution < 1.29 is 22.7 Å². The smallest absolute Gasteiger partial charge is 0.405 e. The lowest BCUT2D eigenvalue weighted by Crippen LogP contribution is -2.26. The molecule has 3 aromatic rings. The first-order valence-electron chi connectivity index (χ1n) is 10.7. The Balaban J connectivity index is 1.43. The number of ether oxygens (including phenoxy) is 1. The van der Waals surface area contributed by atoms with Crippen LogP contribution in [0.4, 0.5) is 13.2 Å². The number of rotatable bonds is 7. The van der Waals surface area contributed by atoms with Gasteiger partial charge in [-0.25, -0.2) is 15.0 Å². The Morgan fingerprint density at radius 3 is 2.68 bits per heavy atom. The van der Waals surface area contributed by atoms with Crippen LogP contribution in [0.3, 0.4) is 0 Å². The minimum atomic E-state index is -4.78. The number of para-hydroxylation sites is 1. The second-order valence-corrected chi connectivity index (χ2v) is 7.96. The van der Waals surface area contributed by atoms with E-state index in [1.807, 2.05) is 0 Å². The van der Waals surface area contributed by atoms with E-state index >= 15 is 0 Å². The van der Waals surface area contributed by atoms with Gasteiger partial charge in [0, 0.05) is 49.2 Å². The monoisotopic (exact) mass is 469 g/mol. The van der Waals surface area contributed by atoms with E-state index in [-0.39, 0.29) is 18.1 Å². The maximum absolute atomic E-state index is 12.6. The van der Waals surface area contributed by atoms with Gasteiger partial charge in [-0.2, -0.15) is 0 Å². The predicted octanol–water partition coefficient (Wildman–Crippen LogP) is 4.00. The Morgan fingerprint density at radius 1 is 1.18 bits per heavy atom. The molecule has 10 heteroatoms. The lowest BCUT2D eigenvalue weighted by Gasteiger charge is -2.14. The third-order valence-corrected chi connectivity index (χ3v) is 5.50. The maximum Gasteiger partial charge on any atom is 0.573 e. The number of hydrogen-bond acceptors (Lipinski definition) is 6. The van der Waals surface area contributed by atoms with E-state index in [0.717, 1.165) is 12.1 Å². The largest absolute Gasteiger partial charge is 0.573 e. The summed E-state index contributed by atoms with van der Waals surface area (Å²) in [4.78, 5) is 31.1. The highest BCUT2D eigenvalue weighted by atomic mass is 19.4. The summed E-state index contributed by atoms with van der Waals surface area (Å²) in [6.45, 7) is 4.89. The van der Waals surface area contributed by atoms with Crippen LogP contribution in [0.2, 0.25) is 0 Å². The first kappa shape index (κ1) is 23.3. The molecule has 7 nitrogen and oxygen atoms in total. The second-order valence-electron chi connectivity index (χ2n) is 7.96. The summed E-state index contributed by atoms with van der Waals surface area (Å²) in [7, 11) is 0. The van der Waals surface area contributed by atoms with Gasteiger partial charge in [0.2, 0.25) is 5.91 Å². The van der Waals surface area contributed by atoms with Crippen LogP contribution in [-0.2, 0) is 17.6 Å². The summed E-state index contributed by atoms with van der Waals surface area (Å²) in [5.41, 5.74) is 2.38. The summed E-state index contributed by atoms with van der Waals surface area (Å²) in [5, 5.41) is 0. The van der Waals surface area contributed by atoms with E-state index in [1.54, 1.807) is 41.8 Å². The number of amides is 1. The molecule has 0 unspecified atom stereocenters. The van der Waals surface area contributed by atoms with Crippen molar-refractivity contribution in [2.75, 3.05) is 13.1 Å². The van der Waals surface area contributed by atoms with Gasteiger partial charge in [-0.05, 0) is 30.9 Å². The van der Waals surface area contributed by atoms with Gasteiger partial charge in [0.1, 0.15) is 11.6 Å². The molecule has 1 saturated heterocycles. The molecule has 0 radical (unpaired) electrons. The number of likely N-dealkylation sites (tertiary alicyclic amines) is 1. The molecule has 0 aliphatic carbocycles. The zero-order chi connectivity index (χ0) is 24.1. The molecule has 1 aliphatic heterocycles. The average Bonchev–Trinajstić information content (AvgIpc) is 3.28. The topological polar surface area (TPSA) is 81.1 Å². The van der Waals surface area contributed by atoms with Gasteiger partial charge >= 0.3 is 6.36 Å². The third kappa shape index (κ3) is 5.94. The highest BCUT2D eigenvalue weighted by Gasteiger charge is 2.32. The minimum absolute atomic E-state index is 0.0628. The molecule has 0 N–H and O–H groups in total. The average molecular weight is 469 g/mol. The summed E-state index contributed by atoms with van der Waals surface area (Å²) in [5.74, 6) is 0.309. The van der Waals surface area contributed by atoms with Crippen LogP contribution in [0.25, 0.3) is 11.3 Å². The second kappa shape index (κ2) is 9.98. The molecule has 0 bridgehead atoms. The number of benzene rings is 1. The molecule has 1 aliphatic rings. The van der Waals surface area contributed by atoms with E-state index < -0.39 is 6.36 Å². The maximum atomic E-state index is 12.6. The molecular weight excluding hydrogens is 447 g/mol. The van der Waals surface area contributed by atoms with E-state index in [0.29, 0.717) is 48.1 Å². The molecule has 1 aromatic carbocycles. The van der Waals surface area contributed by atoms with Gasteiger partial charge < -0.3 is 9.64 Å². The van der Waals surface area contributed by atoms with Crippen molar-refractivity contribution >= 4 is 5.91 Å². The number of carbonyl (C=O) groups is 1. The summed E-state index contributed by atoms with van der Waals surface area (Å²) in [6, 6.07) is 5.90. The number of halogens is 3. The summed E-state index contributed by atoms with van der Waals surface area (Å²) >= 11 is 0. The molecule has 3 heterocycles. The van der Waals surface area contributed by atoms with Crippen molar-refractivity contribution in [1.82, 2.24) is 24.8 Å². The molecular formula is C24H22F3N5O2. The molecule has 1 amide bonds. The van der Waals surface area contributed by atoms with Crippen molar-refractivity contribution in [2.45, 2.75) is 25.6 Å². The van der Waals surface area contributed by atoms with Gasteiger partial charge in [-0.1, -0.05) is 24.8 Å². The van der Waals surface area contributed by atoms with Crippen LogP contribution in [0.5, 0.6) is 5.75 Å². The fourth-order valence-electron chi connectivity index (χ4n) is 3.89. The van der Waals surface area contributed by atoms with E-state index in [1.165, 1.54) is 18.2 Å². The lowest BCUT2D eigenvalue weighted by atomic mass is 10.0. The fourth-order valence-corrected chi connectivity index (χ4v) is 3.89. The van der Waals surface area contributed by atoms with Crippen LogP contribution in [0.15, 0.2) is 61.7 Å². The molecule has 34 heavy (non-hydrogen) atoms. The van der Waals surface area contributed by atoms with Crippen LogP contribution in [0.1, 0.15) is 23.5 Å². The number of carbonyl (C=O) groups excluding carboxylic acids is 1. The lowest BCUT2D eigenvalue weighted by molar-refractivity contribution is -0.274. The van der Waals surface area contributed by atoms with Crippen molar-refractivity contribution in [3.05, 3.63) is 78.8 Å². The standard InChI is InChI=1S/C24H22F3N5O2/c1-2-23(33)32-8-7-16(15-32)9-19-13-28-14-20(31-19)18-11-29-22(30-12-18)10-17-5-3-4-6-21(17)34-24(25,26)27/h2-6,11-14,16H,1,7-10,15H2/t16-/m1/s1. The zero-order valence-electron chi connectivity index (χ0n) is 18.2. The fraction of sp³-hybridized carbons (Fsp3) is 0.292. The van der Waals surface area contributed by atoms with E-state index in [9.17, 15) is 18.0 Å². The van der Waals surface area contributed by atoms with Crippen molar-refractivity contribution in [1.29, 1.82) is 0 Å². The predicted molar refractivity (Wildman–Crippen MR) is 118 cm³/mol. The highest BCUT2D eigenvalue weighted by molar-refractivity contribution is 5.87. The van der Waals surface area contributed by atoms with Gasteiger partial charge in [0.15, 0.2) is 0 Å². The van der Waals surface area contributed by atoms with Crippen LogP contribution < -0.4 is 4.74 Å². The Bertz CT molecular complexity index is 1170. The van der Waals surface area contributed by atoms with Gasteiger partial charge in [0.25, 0.3) is 0 Å². The molecule has 0 spiro atoms. The Labute approximate surface area is 194 Å². The molecule has 0 saturated carbocycles. The number of nitrogens with zero attached hydrogens (tertiary/aromatic N) is 5. The zero-order valence-corrected chi connectivity index (χ0v) is 18.2. The van der Waals surface area contributed by atoms with Gasteiger partial charge in [0.05, 0.1) is 17.6 Å². The molecule has 1 fully saturated rings. The SMILES string of the molecule is C=CC(=O)N1CC[C@H](Cc2cncc(-c3cnc(Cc4ccccc4OC(F)(F)F)nc3)n2)C1. The van der Waals surface area contributed by atoms with Gasteiger partial charge in [-0.15, -0.1) is 13.2 Å². The first-order valence-corrected chi connectivity index (χ1v) is 10.7. The van der Waals surface area contributed by atoms with E-state index in [2.05, 4.69) is 31.3 Å². The summed E-state index contributed by atoms with van der Waals surface area (Å²) < 4.78 is 42.0. The Kier molecular flexibility index (Phi) is 6.85. The van der Waals surface area contributed by atoms with Crippen LogP contribution in [-0.4, -0.2) is 50.2 Å². The number of alkyl halides is 3. The Morgan fingerprint density at radius 2 is 1.94 bits per heavy atom. The molecule has 1 atom stereocenters. The van der Waals surface area contributed by atoms with Crippen LogP contribution in [0, 0.1) is 5.92 Å². The minimum Gasteiger partial charge on any atom is -0.405 e. The molecule has 4 rings (SSSR count). The first-order chi connectivity index (χ1) is 16.3. The third-order valence-electron chi connectivity index (χ3n) is 5.50. The highest BCUT2D eigenvalue weighted by Crippen LogP contribution is 2.27. The van der Waals surface area contributed by atoms with Crippen molar-refractivity contribution in [2.24, 2.45) is 5.92 Å². The number of aromatic nitrogens is 4. The quantitative estimate of drug-likeness (QED) is 0.487. The van der Waals surface area contributed by atoms with E-state index in [4.69, 9.17) is 0 Å². The molecule has 2 aromatic heterocycles. The molecule has 176 valence electrons. The van der Waals surface area contributed by atoms with Crippen molar-refractivity contribution in [3.63, 3.8) is 0 Å². The van der Waals surface area contributed by atoms with Crippen molar-refractivity contribution in [3.8, 4) is 17.0 Å².